The number of nitrogens with zero attached hydrogens (tertiary/aromatic N) is 2. The molecule has 1 amide bonds. The standard InChI is InChI=1S/C20H21N3O5S/c1-26-15-5-4-13(11-21-15)19(25)23-20-22-16(14-3-2-8-28-14)18(29-20)17(24)12-6-9-27-10-7-12/h2-5,8,11-12,17,24H,6-7,9-10H2,1H3,(H,22,23,25). The van der Waals surface area contributed by atoms with E-state index >= 15 is 0 Å². The molecule has 4 rings (SSSR count). The Morgan fingerprint density at radius 3 is 2.83 bits per heavy atom. The highest BCUT2D eigenvalue weighted by atomic mass is 32.1. The van der Waals surface area contributed by atoms with Crippen molar-refractivity contribution in [3.8, 4) is 17.3 Å². The summed E-state index contributed by atoms with van der Waals surface area (Å²) in [6.07, 6.45) is 3.84. The largest absolute Gasteiger partial charge is 0.481 e. The molecule has 29 heavy (non-hydrogen) atoms. The van der Waals surface area contributed by atoms with E-state index in [1.54, 1.807) is 30.5 Å². The van der Waals surface area contributed by atoms with E-state index in [-0.39, 0.29) is 11.8 Å². The molecule has 1 aliphatic rings. The minimum atomic E-state index is -0.704. The summed E-state index contributed by atoms with van der Waals surface area (Å²) in [5.41, 5.74) is 0.925. The van der Waals surface area contributed by atoms with Gasteiger partial charge in [0.2, 0.25) is 5.88 Å². The lowest BCUT2D eigenvalue weighted by atomic mass is 9.92. The average Bonchev–Trinajstić information content (AvgIpc) is 3.44. The molecule has 1 unspecified atom stereocenters. The Balaban J connectivity index is 1.59. The Morgan fingerprint density at radius 2 is 2.17 bits per heavy atom. The Kier molecular flexibility index (Phi) is 5.89. The molecule has 0 radical (unpaired) electrons. The number of hydrogen-bond acceptors (Lipinski definition) is 8. The van der Waals surface area contributed by atoms with Crippen LogP contribution in [0.3, 0.4) is 0 Å². The summed E-state index contributed by atoms with van der Waals surface area (Å²) in [6, 6.07) is 6.79. The summed E-state index contributed by atoms with van der Waals surface area (Å²) in [4.78, 5) is 21.8. The summed E-state index contributed by atoms with van der Waals surface area (Å²) in [7, 11) is 1.51. The summed E-state index contributed by atoms with van der Waals surface area (Å²) in [5.74, 6) is 0.714. The van der Waals surface area contributed by atoms with Gasteiger partial charge in [-0.1, -0.05) is 11.3 Å². The first-order valence-electron chi connectivity index (χ1n) is 9.27. The maximum absolute atomic E-state index is 12.6. The monoisotopic (exact) mass is 415 g/mol. The van der Waals surface area contributed by atoms with Crippen molar-refractivity contribution in [2.45, 2.75) is 18.9 Å². The zero-order valence-corrected chi connectivity index (χ0v) is 16.6. The Bertz CT molecular complexity index is 949. The van der Waals surface area contributed by atoms with Gasteiger partial charge in [0.15, 0.2) is 10.9 Å². The number of nitrogens with one attached hydrogen (secondary N) is 1. The van der Waals surface area contributed by atoms with Crippen LogP contribution in [0.15, 0.2) is 41.1 Å². The van der Waals surface area contributed by atoms with Gasteiger partial charge in [0.05, 0.1) is 29.9 Å². The van der Waals surface area contributed by atoms with Crippen LogP contribution in [0.25, 0.3) is 11.5 Å². The van der Waals surface area contributed by atoms with Crippen LogP contribution in [0, 0.1) is 5.92 Å². The van der Waals surface area contributed by atoms with Gasteiger partial charge in [-0.3, -0.25) is 10.1 Å². The molecule has 0 aromatic carbocycles. The SMILES string of the molecule is COc1ccc(C(=O)Nc2nc(-c3ccco3)c(C(O)C3CCOCC3)s2)cn1. The molecule has 2 N–H and O–H groups in total. The summed E-state index contributed by atoms with van der Waals surface area (Å²) >= 11 is 1.25. The first kappa shape index (κ1) is 19.6. The number of pyridine rings is 1. The first-order valence-corrected chi connectivity index (χ1v) is 10.1. The van der Waals surface area contributed by atoms with Crippen LogP contribution < -0.4 is 10.1 Å². The molecule has 1 aliphatic heterocycles. The van der Waals surface area contributed by atoms with Gasteiger partial charge < -0.3 is 19.0 Å². The van der Waals surface area contributed by atoms with Crippen molar-refractivity contribution in [1.82, 2.24) is 9.97 Å². The van der Waals surface area contributed by atoms with Crippen LogP contribution in [-0.2, 0) is 4.74 Å². The van der Waals surface area contributed by atoms with E-state index in [2.05, 4.69) is 15.3 Å². The van der Waals surface area contributed by atoms with Crippen molar-refractivity contribution in [2.24, 2.45) is 5.92 Å². The van der Waals surface area contributed by atoms with Gasteiger partial charge in [0.1, 0.15) is 5.69 Å². The van der Waals surface area contributed by atoms with Crippen molar-refractivity contribution in [2.75, 3.05) is 25.6 Å². The highest BCUT2D eigenvalue weighted by molar-refractivity contribution is 7.16. The summed E-state index contributed by atoms with van der Waals surface area (Å²) in [6.45, 7) is 1.26. The van der Waals surface area contributed by atoms with Crippen molar-refractivity contribution in [3.63, 3.8) is 0 Å². The third-order valence-corrected chi connectivity index (χ3v) is 5.86. The fraction of sp³-hybridized carbons (Fsp3) is 0.350. The van der Waals surface area contributed by atoms with Gasteiger partial charge in [-0.2, -0.15) is 0 Å². The van der Waals surface area contributed by atoms with Gasteiger partial charge in [0.25, 0.3) is 5.91 Å². The van der Waals surface area contributed by atoms with Gasteiger partial charge in [0, 0.05) is 25.5 Å². The number of aliphatic hydroxyl groups excluding tert-OH is 1. The predicted molar refractivity (Wildman–Crippen MR) is 107 cm³/mol. The number of hydrogen-bond donors (Lipinski definition) is 2. The Morgan fingerprint density at radius 1 is 1.34 bits per heavy atom. The van der Waals surface area contributed by atoms with Crippen LogP contribution in [0.2, 0.25) is 0 Å². The van der Waals surface area contributed by atoms with E-state index in [4.69, 9.17) is 13.9 Å². The number of thiazole rings is 1. The molecule has 3 aromatic heterocycles. The molecule has 1 fully saturated rings. The number of carbonyl (C=O) groups is 1. The molecular weight excluding hydrogens is 394 g/mol. The number of rotatable bonds is 6. The number of aromatic nitrogens is 2. The molecule has 4 heterocycles. The lowest BCUT2D eigenvalue weighted by Crippen LogP contribution is -2.21. The van der Waals surface area contributed by atoms with Crippen molar-refractivity contribution in [3.05, 3.63) is 47.2 Å². The number of amides is 1. The fourth-order valence-electron chi connectivity index (χ4n) is 3.23. The van der Waals surface area contributed by atoms with E-state index in [1.807, 2.05) is 0 Å². The van der Waals surface area contributed by atoms with Crippen molar-refractivity contribution < 1.29 is 23.8 Å². The van der Waals surface area contributed by atoms with Crippen LogP contribution in [0.5, 0.6) is 5.88 Å². The zero-order valence-electron chi connectivity index (χ0n) is 15.8. The predicted octanol–water partition coefficient (Wildman–Crippen LogP) is 3.52. The average molecular weight is 415 g/mol. The normalized spacial score (nSPS) is 15.8. The number of methoxy groups -OCH3 is 1. The molecule has 0 spiro atoms. The molecule has 0 saturated carbocycles. The second-order valence-electron chi connectivity index (χ2n) is 6.65. The second kappa shape index (κ2) is 8.73. The smallest absolute Gasteiger partial charge is 0.259 e. The van der Waals surface area contributed by atoms with E-state index in [0.717, 1.165) is 12.8 Å². The van der Waals surface area contributed by atoms with Gasteiger partial charge in [-0.15, -0.1) is 0 Å². The van der Waals surface area contributed by atoms with E-state index < -0.39 is 6.10 Å². The lowest BCUT2D eigenvalue weighted by molar-refractivity contribution is 0.00862. The summed E-state index contributed by atoms with van der Waals surface area (Å²) < 4.78 is 15.9. The van der Waals surface area contributed by atoms with Crippen LogP contribution in [-0.4, -0.2) is 41.3 Å². The van der Waals surface area contributed by atoms with Crippen LogP contribution >= 0.6 is 11.3 Å². The van der Waals surface area contributed by atoms with Crippen molar-refractivity contribution >= 4 is 22.4 Å². The maximum Gasteiger partial charge on any atom is 0.259 e. The topological polar surface area (TPSA) is 107 Å². The molecule has 0 bridgehead atoms. The Labute approximate surface area is 171 Å². The Hall–Kier alpha value is -2.75. The van der Waals surface area contributed by atoms with E-state index in [1.165, 1.54) is 24.6 Å². The molecule has 152 valence electrons. The minimum Gasteiger partial charge on any atom is -0.481 e. The number of ether oxygens (including phenoxy) is 2. The number of carbonyl (C=O) groups excluding carboxylic acids is 1. The first-order chi connectivity index (χ1) is 14.2. The second-order valence-corrected chi connectivity index (χ2v) is 7.68. The number of anilines is 1. The van der Waals surface area contributed by atoms with Crippen molar-refractivity contribution in [1.29, 1.82) is 0 Å². The van der Waals surface area contributed by atoms with Gasteiger partial charge in [-0.05, 0) is 37.0 Å². The molecule has 1 atom stereocenters. The zero-order chi connectivity index (χ0) is 20.2. The highest BCUT2D eigenvalue weighted by Crippen LogP contribution is 2.41. The van der Waals surface area contributed by atoms with Gasteiger partial charge >= 0.3 is 0 Å². The number of furan rings is 1. The van der Waals surface area contributed by atoms with E-state index in [0.29, 0.717) is 46.1 Å². The molecule has 3 aromatic rings. The fourth-order valence-corrected chi connectivity index (χ4v) is 4.27. The van der Waals surface area contributed by atoms with Crippen LogP contribution in [0.4, 0.5) is 5.13 Å². The third kappa shape index (κ3) is 4.31. The molecular formula is C20H21N3O5S. The quantitative estimate of drug-likeness (QED) is 0.634. The summed E-state index contributed by atoms with van der Waals surface area (Å²) in [5, 5.41) is 14.2. The van der Waals surface area contributed by atoms with E-state index in [9.17, 15) is 9.90 Å². The lowest BCUT2D eigenvalue weighted by Gasteiger charge is -2.26. The van der Waals surface area contributed by atoms with Gasteiger partial charge in [-0.25, -0.2) is 9.97 Å². The molecule has 0 aliphatic carbocycles. The third-order valence-electron chi connectivity index (χ3n) is 4.82. The number of aliphatic hydroxyl groups is 1. The molecule has 8 nitrogen and oxygen atoms in total. The molecule has 1 saturated heterocycles. The van der Waals surface area contributed by atoms with Crippen LogP contribution in [0.1, 0.15) is 34.2 Å². The highest BCUT2D eigenvalue weighted by Gasteiger charge is 2.29. The molecule has 9 heteroatoms. The minimum absolute atomic E-state index is 0.0762. The maximum atomic E-state index is 12.6.